The lowest BCUT2D eigenvalue weighted by molar-refractivity contribution is -0.297. The number of carboxylic acid groups (broad SMARTS) is 1. The van der Waals surface area contributed by atoms with Gasteiger partial charge >= 0.3 is 5.97 Å². The van der Waals surface area contributed by atoms with E-state index in [-0.39, 0.29) is 14.0 Å². The van der Waals surface area contributed by atoms with Gasteiger partial charge in [0.2, 0.25) is 0 Å². The summed E-state index contributed by atoms with van der Waals surface area (Å²) in [5.41, 5.74) is 0. The second kappa shape index (κ2) is 6.67. The predicted octanol–water partition coefficient (Wildman–Crippen LogP) is -0.694. The average Bonchev–Trinajstić information content (AvgIpc) is 1.85. The van der Waals surface area contributed by atoms with Gasteiger partial charge in [-0.15, -0.1) is 0 Å². The molecule has 0 N–H and O–H groups in total. The monoisotopic (exact) mass is 158 g/mol. The Morgan fingerprint density at radius 1 is 1.45 bits per heavy atom. The highest BCUT2D eigenvalue weighted by Gasteiger charge is 1.90. The van der Waals surface area contributed by atoms with Crippen molar-refractivity contribution in [1.82, 2.24) is 0 Å². The molecule has 62 valence electrons. The molecule has 4 heteroatoms. The fourth-order valence-electron chi connectivity index (χ4n) is 0.326. The summed E-state index contributed by atoms with van der Waals surface area (Å²) in [5, 5.41) is 9.70. The molecule has 0 rings (SSSR count). The van der Waals surface area contributed by atoms with Crippen LogP contribution in [0, 0.1) is 7.43 Å². The third kappa shape index (κ3) is 8.55. The van der Waals surface area contributed by atoms with Crippen LogP contribution in [0.3, 0.4) is 0 Å². The molecule has 0 saturated carbocycles. The van der Waals surface area contributed by atoms with Crippen molar-refractivity contribution in [3.8, 4) is 0 Å². The average molecular weight is 158 g/mol. The normalized spacial score (nSPS) is 8.82. The van der Waals surface area contributed by atoms with Crippen LogP contribution in [0.2, 0.25) is 0 Å². The summed E-state index contributed by atoms with van der Waals surface area (Å²) in [6.45, 7) is 1.86. The minimum absolute atomic E-state index is 0. The Labute approximate surface area is 65.5 Å². The number of hydrogen-bond donors (Lipinski definition) is 0. The maximum Gasteiger partial charge on any atom is 0.330 e. The molecule has 0 unspecified atom stereocenters. The first-order valence-corrected chi connectivity index (χ1v) is 2.72. The van der Waals surface area contributed by atoms with E-state index in [9.17, 15) is 14.7 Å². The first-order chi connectivity index (χ1) is 4.66. The number of hydrogen-bond acceptors (Lipinski definition) is 4. The Hall–Kier alpha value is -1.45. The third-order valence-corrected chi connectivity index (χ3v) is 0.642. The molecule has 0 aliphatic carbocycles. The number of ether oxygens (including phenoxy) is 1. The molecule has 0 heterocycles. The van der Waals surface area contributed by atoms with Gasteiger partial charge in [0.15, 0.2) is 0 Å². The van der Waals surface area contributed by atoms with E-state index in [1.54, 1.807) is 6.92 Å². The fourth-order valence-corrected chi connectivity index (χ4v) is 0.326. The Morgan fingerprint density at radius 3 is 2.36 bits per heavy atom. The quantitative estimate of drug-likeness (QED) is 0.309. The maximum absolute atomic E-state index is 10.3. The lowest BCUT2D eigenvalue weighted by Gasteiger charge is -1.94. The summed E-state index contributed by atoms with van der Waals surface area (Å²) in [6.07, 6.45) is 1.43. The number of esters is 1. The highest BCUT2D eigenvalue weighted by atomic mass is 16.5. The van der Waals surface area contributed by atoms with Gasteiger partial charge in [-0.25, -0.2) is 4.79 Å². The topological polar surface area (TPSA) is 66.4 Å². The number of aliphatic carboxylic acids is 1. The van der Waals surface area contributed by atoms with Crippen LogP contribution in [-0.4, -0.2) is 18.5 Å². The minimum Gasteiger partial charge on any atom is -0.545 e. The molecule has 0 bridgehead atoms. The predicted molar refractivity (Wildman–Crippen MR) is 37.2 cm³/mol. The molecule has 0 aliphatic rings. The van der Waals surface area contributed by atoms with E-state index < -0.39 is 11.9 Å². The van der Waals surface area contributed by atoms with Crippen LogP contribution in [0.25, 0.3) is 0 Å². The van der Waals surface area contributed by atoms with Gasteiger partial charge in [0.1, 0.15) is 0 Å². The molecule has 11 heavy (non-hydrogen) atoms. The van der Waals surface area contributed by atoms with Crippen molar-refractivity contribution in [1.29, 1.82) is 0 Å². The van der Waals surface area contributed by atoms with Gasteiger partial charge in [-0.1, -0.05) is 0 Å². The summed E-state index contributed by atoms with van der Waals surface area (Å²) < 4.78 is 4.38. The van der Waals surface area contributed by atoms with E-state index in [4.69, 9.17) is 0 Å². The highest BCUT2D eigenvalue weighted by Crippen LogP contribution is 1.79. The summed E-state index contributed by atoms with van der Waals surface area (Å²) >= 11 is 0. The van der Waals surface area contributed by atoms with Crippen molar-refractivity contribution in [2.24, 2.45) is 0 Å². The molecule has 0 aromatic heterocycles. The first-order valence-electron chi connectivity index (χ1n) is 2.72. The van der Waals surface area contributed by atoms with Crippen LogP contribution in [0.1, 0.15) is 6.92 Å². The van der Waals surface area contributed by atoms with E-state index in [0.717, 1.165) is 6.08 Å². The van der Waals surface area contributed by atoms with E-state index in [0.29, 0.717) is 6.08 Å². The Bertz CT molecular complexity index is 160. The van der Waals surface area contributed by atoms with Crippen LogP contribution >= 0.6 is 0 Å². The first kappa shape index (κ1) is 12.2. The minimum atomic E-state index is -1.41. The van der Waals surface area contributed by atoms with Crippen LogP contribution in [0.15, 0.2) is 12.2 Å². The summed E-state index contributed by atoms with van der Waals surface area (Å²) in [4.78, 5) is 20.0. The zero-order valence-corrected chi connectivity index (χ0v) is 6.49. The van der Waals surface area contributed by atoms with E-state index in [1.165, 1.54) is 0 Å². The second-order valence-corrected chi connectivity index (χ2v) is 1.40. The van der Waals surface area contributed by atoms with Gasteiger partial charge in [-0.05, 0) is 13.0 Å². The number of carboxylic acids is 1. The molecule has 0 fully saturated rings. The molecule has 0 atom stereocenters. The fraction of sp³-hybridized carbons (Fsp3) is 0.286. The zero-order chi connectivity index (χ0) is 7.98. The molecule has 0 spiro atoms. The number of rotatable bonds is 3. The number of carbonyl (C=O) groups is 2. The molecule has 4 nitrogen and oxygen atoms in total. The molecule has 0 aliphatic heterocycles. The lowest BCUT2D eigenvalue weighted by Crippen LogP contribution is -2.19. The van der Waals surface area contributed by atoms with Gasteiger partial charge in [0.25, 0.3) is 0 Å². The Balaban J connectivity index is 0. The van der Waals surface area contributed by atoms with Crippen LogP contribution in [-0.2, 0) is 14.3 Å². The van der Waals surface area contributed by atoms with Crippen LogP contribution < -0.4 is 5.11 Å². The summed E-state index contributed by atoms with van der Waals surface area (Å²) in [7, 11) is 0. The third-order valence-electron chi connectivity index (χ3n) is 0.642. The Morgan fingerprint density at radius 2 is 2.00 bits per heavy atom. The van der Waals surface area contributed by atoms with Gasteiger partial charge < -0.3 is 14.6 Å². The number of carbonyl (C=O) groups excluding carboxylic acids is 2. The van der Waals surface area contributed by atoms with Crippen molar-refractivity contribution in [2.45, 2.75) is 6.92 Å². The lowest BCUT2D eigenvalue weighted by atomic mass is 10.5. The molecule has 0 saturated heterocycles. The van der Waals surface area contributed by atoms with Crippen LogP contribution in [0.4, 0.5) is 0 Å². The highest BCUT2D eigenvalue weighted by molar-refractivity contribution is 5.89. The van der Waals surface area contributed by atoms with Gasteiger partial charge in [-0.3, -0.25) is 0 Å². The van der Waals surface area contributed by atoms with Crippen molar-refractivity contribution < 1.29 is 19.4 Å². The molecular weight excluding hydrogens is 148 g/mol. The molecule has 0 amide bonds. The van der Waals surface area contributed by atoms with Crippen molar-refractivity contribution in [3.05, 3.63) is 19.6 Å². The van der Waals surface area contributed by atoms with Gasteiger partial charge in [-0.2, -0.15) is 0 Å². The van der Waals surface area contributed by atoms with Gasteiger partial charge in [0, 0.05) is 13.5 Å². The van der Waals surface area contributed by atoms with Crippen molar-refractivity contribution in [2.75, 3.05) is 6.61 Å². The van der Waals surface area contributed by atoms with E-state index in [1.807, 2.05) is 0 Å². The van der Waals surface area contributed by atoms with Crippen molar-refractivity contribution >= 4 is 11.9 Å². The van der Waals surface area contributed by atoms with E-state index >= 15 is 0 Å². The SMILES string of the molecule is CCOC(=O)/C=C\C(=O)[O-].[CH3+]. The second-order valence-electron chi connectivity index (χ2n) is 1.40. The molecule has 0 aromatic rings. The molecule has 0 radical (unpaired) electrons. The smallest absolute Gasteiger partial charge is 0.330 e. The summed E-state index contributed by atoms with van der Waals surface area (Å²) in [6, 6.07) is 0. The zero-order valence-electron chi connectivity index (χ0n) is 6.49. The molecular formula is C7H10O4. The standard InChI is InChI=1S/C6H8O4.CH3/c1-2-10-6(9)4-3-5(7)8;/h3-4H,2H2,1H3,(H,7,8);1H3/q;+1/p-1/b4-3-;. The van der Waals surface area contributed by atoms with E-state index in [2.05, 4.69) is 4.74 Å². The maximum atomic E-state index is 10.3. The summed E-state index contributed by atoms with van der Waals surface area (Å²) in [5.74, 6) is -2.08. The largest absolute Gasteiger partial charge is 0.545 e. The Kier molecular flexibility index (Phi) is 7.42. The van der Waals surface area contributed by atoms with Crippen molar-refractivity contribution in [3.63, 3.8) is 0 Å². The van der Waals surface area contributed by atoms with Gasteiger partial charge in [0.05, 0.1) is 12.6 Å². The molecule has 0 aromatic carbocycles. The van der Waals surface area contributed by atoms with Crippen LogP contribution in [0.5, 0.6) is 0 Å².